The third kappa shape index (κ3) is 2.92. The third-order valence-corrected chi connectivity index (χ3v) is 3.81. The van der Waals surface area contributed by atoms with Crippen LogP contribution in [0.3, 0.4) is 0 Å². The van der Waals surface area contributed by atoms with Gasteiger partial charge in [-0.25, -0.2) is 0 Å². The molecular weight excluding hydrogens is 252 g/mol. The van der Waals surface area contributed by atoms with Gasteiger partial charge in [0.1, 0.15) is 0 Å². The number of pyridine rings is 1. The first-order valence-electron chi connectivity index (χ1n) is 7.25. The molecule has 0 saturated carbocycles. The summed E-state index contributed by atoms with van der Waals surface area (Å²) < 4.78 is 7.32. The molecule has 0 aliphatic carbocycles. The maximum atomic E-state index is 12.3. The minimum Gasteiger partial charge on any atom is -0.377 e. The number of nitrogens with zero attached hydrogens (tertiary/aromatic N) is 1. The van der Waals surface area contributed by atoms with E-state index in [0.717, 1.165) is 43.3 Å². The summed E-state index contributed by atoms with van der Waals surface area (Å²) >= 11 is 0. The average molecular weight is 272 g/mol. The maximum Gasteiger partial charge on any atom is 0.258 e. The third-order valence-electron chi connectivity index (χ3n) is 3.81. The molecule has 106 valence electrons. The first-order valence-corrected chi connectivity index (χ1v) is 7.25. The summed E-state index contributed by atoms with van der Waals surface area (Å²) in [5.41, 5.74) is 0.0852. The molecule has 1 atom stereocenters. The molecule has 0 radical (unpaired) electrons. The zero-order valence-electron chi connectivity index (χ0n) is 11.5. The highest BCUT2D eigenvalue weighted by Crippen LogP contribution is 2.10. The molecule has 1 aromatic carbocycles. The SMILES string of the molecule is O=c1c2ccccc2ccn1CCNCC1CCCO1. The molecule has 4 nitrogen and oxygen atoms in total. The van der Waals surface area contributed by atoms with Crippen LogP contribution in [0, 0.1) is 0 Å². The monoisotopic (exact) mass is 272 g/mol. The maximum absolute atomic E-state index is 12.3. The van der Waals surface area contributed by atoms with Gasteiger partial charge in [0.2, 0.25) is 0 Å². The fourth-order valence-electron chi connectivity index (χ4n) is 2.67. The summed E-state index contributed by atoms with van der Waals surface area (Å²) in [6, 6.07) is 9.71. The van der Waals surface area contributed by atoms with Crippen molar-refractivity contribution in [1.29, 1.82) is 0 Å². The Morgan fingerprint density at radius 2 is 2.20 bits per heavy atom. The molecule has 20 heavy (non-hydrogen) atoms. The van der Waals surface area contributed by atoms with Crippen LogP contribution in [0.25, 0.3) is 10.8 Å². The number of aromatic nitrogens is 1. The van der Waals surface area contributed by atoms with Crippen LogP contribution in [0.1, 0.15) is 12.8 Å². The second kappa shape index (κ2) is 6.20. The zero-order valence-corrected chi connectivity index (χ0v) is 11.5. The van der Waals surface area contributed by atoms with E-state index in [0.29, 0.717) is 12.6 Å². The predicted octanol–water partition coefficient (Wildman–Crippen LogP) is 1.77. The molecule has 2 aromatic rings. The molecule has 0 bridgehead atoms. The Balaban J connectivity index is 1.60. The summed E-state index contributed by atoms with van der Waals surface area (Å²) in [7, 11) is 0. The van der Waals surface area contributed by atoms with Crippen LogP contribution < -0.4 is 10.9 Å². The lowest BCUT2D eigenvalue weighted by atomic mass is 10.2. The molecule has 1 aromatic heterocycles. The van der Waals surface area contributed by atoms with Crippen LogP contribution in [-0.4, -0.2) is 30.4 Å². The normalized spacial score (nSPS) is 18.7. The molecule has 0 amide bonds. The zero-order chi connectivity index (χ0) is 13.8. The molecule has 1 aliphatic heterocycles. The van der Waals surface area contributed by atoms with Crippen LogP contribution in [-0.2, 0) is 11.3 Å². The molecule has 2 heterocycles. The van der Waals surface area contributed by atoms with Crippen molar-refractivity contribution in [2.24, 2.45) is 0 Å². The van der Waals surface area contributed by atoms with Crippen LogP contribution in [0.15, 0.2) is 41.3 Å². The Morgan fingerprint density at radius 3 is 3.05 bits per heavy atom. The van der Waals surface area contributed by atoms with Gasteiger partial charge in [-0.15, -0.1) is 0 Å². The Labute approximate surface area is 118 Å². The number of fused-ring (bicyclic) bond motifs is 1. The van der Waals surface area contributed by atoms with Gasteiger partial charge in [-0.2, -0.15) is 0 Å². The highest BCUT2D eigenvalue weighted by atomic mass is 16.5. The van der Waals surface area contributed by atoms with E-state index >= 15 is 0 Å². The van der Waals surface area contributed by atoms with Crippen LogP contribution >= 0.6 is 0 Å². The van der Waals surface area contributed by atoms with Gasteiger partial charge in [0.05, 0.1) is 6.10 Å². The molecule has 3 rings (SSSR count). The first kappa shape index (κ1) is 13.3. The van der Waals surface area contributed by atoms with Crippen LogP contribution in [0.2, 0.25) is 0 Å². The second-order valence-corrected chi connectivity index (χ2v) is 5.24. The van der Waals surface area contributed by atoms with Crippen molar-refractivity contribution in [2.75, 3.05) is 19.7 Å². The molecule has 1 unspecified atom stereocenters. The van der Waals surface area contributed by atoms with E-state index in [4.69, 9.17) is 4.74 Å². The lowest BCUT2D eigenvalue weighted by Crippen LogP contribution is -2.31. The highest BCUT2D eigenvalue weighted by Gasteiger charge is 2.14. The lowest BCUT2D eigenvalue weighted by molar-refractivity contribution is 0.110. The van der Waals surface area contributed by atoms with Gasteiger partial charge in [0, 0.05) is 37.8 Å². The Hall–Kier alpha value is -1.65. The van der Waals surface area contributed by atoms with E-state index in [1.807, 2.05) is 36.5 Å². The molecular formula is C16H20N2O2. The summed E-state index contributed by atoms with van der Waals surface area (Å²) in [4.78, 5) is 12.3. The van der Waals surface area contributed by atoms with Crippen molar-refractivity contribution in [3.05, 3.63) is 46.9 Å². The van der Waals surface area contributed by atoms with Crippen molar-refractivity contribution >= 4 is 10.8 Å². The van der Waals surface area contributed by atoms with Gasteiger partial charge < -0.3 is 14.6 Å². The quantitative estimate of drug-likeness (QED) is 0.844. The van der Waals surface area contributed by atoms with Crippen molar-refractivity contribution in [2.45, 2.75) is 25.5 Å². The second-order valence-electron chi connectivity index (χ2n) is 5.24. The van der Waals surface area contributed by atoms with Gasteiger partial charge in [0.25, 0.3) is 5.56 Å². The summed E-state index contributed by atoms with van der Waals surface area (Å²) in [6.45, 7) is 3.24. The fraction of sp³-hybridized carbons (Fsp3) is 0.438. The van der Waals surface area contributed by atoms with Crippen molar-refractivity contribution in [3.8, 4) is 0 Å². The van der Waals surface area contributed by atoms with E-state index < -0.39 is 0 Å². The molecule has 1 saturated heterocycles. The summed E-state index contributed by atoms with van der Waals surface area (Å²) in [5.74, 6) is 0. The Bertz CT molecular complexity index is 630. The van der Waals surface area contributed by atoms with Crippen molar-refractivity contribution in [1.82, 2.24) is 9.88 Å². The standard InChI is InChI=1S/C16H20N2O2/c19-16-15-6-2-1-4-13(15)7-9-18(16)10-8-17-12-14-5-3-11-20-14/h1-2,4,6-7,9,14,17H,3,5,8,10-12H2. The van der Waals surface area contributed by atoms with Crippen LogP contribution in [0.4, 0.5) is 0 Å². The van der Waals surface area contributed by atoms with E-state index in [-0.39, 0.29) is 5.56 Å². The number of hydrogen-bond acceptors (Lipinski definition) is 3. The smallest absolute Gasteiger partial charge is 0.258 e. The topological polar surface area (TPSA) is 43.3 Å². The first-order chi connectivity index (χ1) is 9.84. The highest BCUT2D eigenvalue weighted by molar-refractivity contribution is 5.81. The van der Waals surface area contributed by atoms with Crippen LogP contribution in [0.5, 0.6) is 0 Å². The number of rotatable bonds is 5. The predicted molar refractivity (Wildman–Crippen MR) is 80.1 cm³/mol. The minimum absolute atomic E-state index is 0.0852. The number of hydrogen-bond donors (Lipinski definition) is 1. The van der Waals surface area contributed by atoms with Gasteiger partial charge >= 0.3 is 0 Å². The van der Waals surface area contributed by atoms with Gasteiger partial charge in [-0.05, 0) is 30.4 Å². The molecule has 1 N–H and O–H groups in total. The van der Waals surface area contributed by atoms with Crippen molar-refractivity contribution < 1.29 is 4.74 Å². The largest absolute Gasteiger partial charge is 0.377 e. The molecule has 4 heteroatoms. The number of nitrogens with one attached hydrogen (secondary N) is 1. The van der Waals surface area contributed by atoms with E-state index in [2.05, 4.69) is 5.32 Å². The van der Waals surface area contributed by atoms with Gasteiger partial charge in [-0.1, -0.05) is 18.2 Å². The van der Waals surface area contributed by atoms with E-state index in [1.165, 1.54) is 0 Å². The Morgan fingerprint density at radius 1 is 1.30 bits per heavy atom. The number of ether oxygens (including phenoxy) is 1. The fourth-order valence-corrected chi connectivity index (χ4v) is 2.67. The van der Waals surface area contributed by atoms with E-state index in [9.17, 15) is 4.79 Å². The molecule has 1 fully saturated rings. The molecule has 0 spiro atoms. The molecule has 1 aliphatic rings. The summed E-state index contributed by atoms with van der Waals surface area (Å²) in [6.07, 6.45) is 4.53. The van der Waals surface area contributed by atoms with E-state index in [1.54, 1.807) is 4.57 Å². The average Bonchev–Trinajstić information content (AvgIpc) is 2.99. The van der Waals surface area contributed by atoms with Gasteiger partial charge in [-0.3, -0.25) is 4.79 Å². The Kier molecular flexibility index (Phi) is 4.14. The number of benzene rings is 1. The minimum atomic E-state index is 0.0852. The lowest BCUT2D eigenvalue weighted by Gasteiger charge is -2.12. The summed E-state index contributed by atoms with van der Waals surface area (Å²) in [5, 5.41) is 5.15. The van der Waals surface area contributed by atoms with Gasteiger partial charge in [0.15, 0.2) is 0 Å². The van der Waals surface area contributed by atoms with Crippen molar-refractivity contribution in [3.63, 3.8) is 0 Å².